The second-order valence-electron chi connectivity index (χ2n) is 5.40. The summed E-state index contributed by atoms with van der Waals surface area (Å²) in [6.07, 6.45) is 2.01. The van der Waals surface area contributed by atoms with Gasteiger partial charge in [-0.25, -0.2) is 0 Å². The molecule has 1 aromatic rings. The third kappa shape index (κ3) is 3.15. The number of piperazine rings is 1. The standard InChI is InChI=1S/C15H20BrN3O/c1-18-6-8-19(9-7-18)17-14-3-2-10-20-15-11-12(16)4-5-13(14)15/h4-5,11H,2-3,6-10H2,1H3/b17-14-. The molecule has 20 heavy (non-hydrogen) atoms. The Hall–Kier alpha value is -1.07. The molecule has 108 valence electrons. The van der Waals surface area contributed by atoms with Crippen LogP contribution in [0.25, 0.3) is 0 Å². The van der Waals surface area contributed by atoms with Gasteiger partial charge in [-0.15, -0.1) is 0 Å². The van der Waals surface area contributed by atoms with E-state index in [0.717, 1.165) is 67.1 Å². The van der Waals surface area contributed by atoms with Crippen molar-refractivity contribution in [3.63, 3.8) is 0 Å². The molecule has 4 nitrogen and oxygen atoms in total. The lowest BCUT2D eigenvalue weighted by Crippen LogP contribution is -2.42. The average molecular weight is 338 g/mol. The molecule has 0 spiro atoms. The van der Waals surface area contributed by atoms with Crippen molar-refractivity contribution in [3.8, 4) is 5.75 Å². The summed E-state index contributed by atoms with van der Waals surface area (Å²) in [5.41, 5.74) is 2.30. The zero-order chi connectivity index (χ0) is 13.9. The van der Waals surface area contributed by atoms with Gasteiger partial charge in [0.15, 0.2) is 0 Å². The van der Waals surface area contributed by atoms with E-state index in [1.807, 2.05) is 6.07 Å². The summed E-state index contributed by atoms with van der Waals surface area (Å²) >= 11 is 3.51. The van der Waals surface area contributed by atoms with E-state index in [0.29, 0.717) is 0 Å². The van der Waals surface area contributed by atoms with Crippen LogP contribution in [0.15, 0.2) is 27.8 Å². The highest BCUT2D eigenvalue weighted by Crippen LogP contribution is 2.28. The number of ether oxygens (including phenoxy) is 1. The summed E-state index contributed by atoms with van der Waals surface area (Å²) in [4.78, 5) is 2.35. The van der Waals surface area contributed by atoms with Gasteiger partial charge >= 0.3 is 0 Å². The van der Waals surface area contributed by atoms with E-state index >= 15 is 0 Å². The quantitative estimate of drug-likeness (QED) is 0.788. The maximum Gasteiger partial charge on any atom is 0.129 e. The van der Waals surface area contributed by atoms with Gasteiger partial charge < -0.3 is 9.64 Å². The van der Waals surface area contributed by atoms with Crippen molar-refractivity contribution >= 4 is 21.6 Å². The molecular weight excluding hydrogens is 318 g/mol. The van der Waals surface area contributed by atoms with E-state index in [1.165, 1.54) is 0 Å². The zero-order valence-electron chi connectivity index (χ0n) is 11.8. The lowest BCUT2D eigenvalue weighted by molar-refractivity contribution is 0.159. The first-order valence-electron chi connectivity index (χ1n) is 7.16. The van der Waals surface area contributed by atoms with Crippen LogP contribution in [0.4, 0.5) is 0 Å². The lowest BCUT2D eigenvalue weighted by atomic mass is 10.1. The Morgan fingerprint density at radius 1 is 1.20 bits per heavy atom. The van der Waals surface area contributed by atoms with Crippen molar-refractivity contribution in [1.29, 1.82) is 0 Å². The second kappa shape index (κ2) is 6.14. The van der Waals surface area contributed by atoms with Crippen molar-refractivity contribution < 1.29 is 4.74 Å². The van der Waals surface area contributed by atoms with Gasteiger partial charge in [-0.3, -0.25) is 5.01 Å². The summed E-state index contributed by atoms with van der Waals surface area (Å²) in [6.45, 7) is 4.95. The molecule has 1 saturated heterocycles. The number of hydrazone groups is 1. The Morgan fingerprint density at radius 2 is 2.00 bits per heavy atom. The van der Waals surface area contributed by atoms with Gasteiger partial charge in [0.1, 0.15) is 5.75 Å². The van der Waals surface area contributed by atoms with E-state index < -0.39 is 0 Å². The molecule has 0 radical (unpaired) electrons. The van der Waals surface area contributed by atoms with Crippen LogP contribution in [0.1, 0.15) is 18.4 Å². The van der Waals surface area contributed by atoms with Gasteiger partial charge in [0, 0.05) is 36.2 Å². The number of benzene rings is 1. The van der Waals surface area contributed by atoms with Crippen LogP contribution in [0, 0.1) is 0 Å². The molecule has 2 heterocycles. The number of likely N-dealkylation sites (N-methyl/N-ethyl adjacent to an activating group) is 1. The van der Waals surface area contributed by atoms with Crippen LogP contribution in [-0.4, -0.2) is 55.5 Å². The molecule has 0 N–H and O–H groups in total. The maximum absolute atomic E-state index is 5.83. The van der Waals surface area contributed by atoms with Gasteiger partial charge in [-0.2, -0.15) is 5.10 Å². The van der Waals surface area contributed by atoms with Crippen molar-refractivity contribution in [2.45, 2.75) is 12.8 Å². The van der Waals surface area contributed by atoms with Gasteiger partial charge in [0.25, 0.3) is 0 Å². The Kier molecular flexibility index (Phi) is 4.27. The summed E-state index contributed by atoms with van der Waals surface area (Å²) in [6, 6.07) is 6.22. The molecular formula is C15H20BrN3O. The maximum atomic E-state index is 5.83. The first-order valence-corrected chi connectivity index (χ1v) is 7.95. The molecule has 3 rings (SSSR count). The number of hydrogen-bond acceptors (Lipinski definition) is 4. The summed E-state index contributed by atoms with van der Waals surface area (Å²) in [7, 11) is 2.16. The third-order valence-electron chi connectivity index (χ3n) is 3.81. The zero-order valence-corrected chi connectivity index (χ0v) is 13.4. The molecule has 0 unspecified atom stereocenters. The van der Waals surface area contributed by atoms with Crippen LogP contribution in [0.2, 0.25) is 0 Å². The number of fused-ring (bicyclic) bond motifs is 1. The Labute approximate surface area is 128 Å². The summed E-state index contributed by atoms with van der Waals surface area (Å²) < 4.78 is 6.88. The summed E-state index contributed by atoms with van der Waals surface area (Å²) in [5, 5.41) is 7.09. The Balaban J connectivity index is 1.86. The highest BCUT2D eigenvalue weighted by atomic mass is 79.9. The minimum absolute atomic E-state index is 0.769. The topological polar surface area (TPSA) is 28.1 Å². The first kappa shape index (κ1) is 13.9. The Bertz CT molecular complexity index is 510. The highest BCUT2D eigenvalue weighted by Gasteiger charge is 2.18. The molecule has 0 amide bonds. The molecule has 1 fully saturated rings. The summed E-state index contributed by atoms with van der Waals surface area (Å²) in [5.74, 6) is 0.949. The fourth-order valence-electron chi connectivity index (χ4n) is 2.58. The van der Waals surface area contributed by atoms with Crippen molar-refractivity contribution in [2.75, 3.05) is 39.8 Å². The van der Waals surface area contributed by atoms with Gasteiger partial charge in [0.2, 0.25) is 0 Å². The smallest absolute Gasteiger partial charge is 0.129 e. The van der Waals surface area contributed by atoms with Crippen LogP contribution < -0.4 is 4.74 Å². The predicted octanol–water partition coefficient (Wildman–Crippen LogP) is 2.57. The fourth-order valence-corrected chi connectivity index (χ4v) is 2.92. The lowest BCUT2D eigenvalue weighted by Gasteiger charge is -2.31. The average Bonchev–Trinajstić information content (AvgIpc) is 2.63. The SMILES string of the molecule is CN1CCN(/N=C2/CCCOc3cc(Br)ccc32)CC1. The second-order valence-corrected chi connectivity index (χ2v) is 6.31. The number of halogens is 1. The van der Waals surface area contributed by atoms with Crippen molar-refractivity contribution in [1.82, 2.24) is 9.91 Å². The van der Waals surface area contributed by atoms with E-state index in [4.69, 9.17) is 9.84 Å². The molecule has 2 aliphatic rings. The van der Waals surface area contributed by atoms with Crippen LogP contribution >= 0.6 is 15.9 Å². The predicted molar refractivity (Wildman–Crippen MR) is 84.5 cm³/mol. The molecule has 5 heteroatoms. The monoisotopic (exact) mass is 337 g/mol. The van der Waals surface area contributed by atoms with E-state index in [1.54, 1.807) is 0 Å². The first-order chi connectivity index (χ1) is 9.72. The fraction of sp³-hybridized carbons (Fsp3) is 0.533. The van der Waals surface area contributed by atoms with Gasteiger partial charge in [-0.05, 0) is 38.1 Å². The van der Waals surface area contributed by atoms with Crippen LogP contribution in [0.5, 0.6) is 5.75 Å². The number of rotatable bonds is 1. The molecule has 0 bridgehead atoms. The molecule has 2 aliphatic heterocycles. The van der Waals surface area contributed by atoms with Crippen LogP contribution in [0.3, 0.4) is 0 Å². The molecule has 0 atom stereocenters. The van der Waals surface area contributed by atoms with Gasteiger partial charge in [0.05, 0.1) is 12.3 Å². The number of hydrogen-bond donors (Lipinski definition) is 0. The highest BCUT2D eigenvalue weighted by molar-refractivity contribution is 9.10. The molecule has 1 aromatic carbocycles. The number of nitrogens with zero attached hydrogens (tertiary/aromatic N) is 3. The molecule has 0 saturated carbocycles. The minimum atomic E-state index is 0.769. The van der Waals surface area contributed by atoms with Gasteiger partial charge in [-0.1, -0.05) is 15.9 Å². The van der Waals surface area contributed by atoms with Crippen LogP contribution in [-0.2, 0) is 0 Å². The normalized spacial score (nSPS) is 22.3. The third-order valence-corrected chi connectivity index (χ3v) is 4.31. The van der Waals surface area contributed by atoms with Crippen molar-refractivity contribution in [2.24, 2.45) is 5.10 Å². The van der Waals surface area contributed by atoms with Crippen molar-refractivity contribution in [3.05, 3.63) is 28.2 Å². The largest absolute Gasteiger partial charge is 0.493 e. The van der Waals surface area contributed by atoms with E-state index in [9.17, 15) is 0 Å². The molecule has 0 aliphatic carbocycles. The molecule has 0 aromatic heterocycles. The van der Waals surface area contributed by atoms with E-state index in [2.05, 4.69) is 45.0 Å². The Morgan fingerprint density at radius 3 is 2.80 bits per heavy atom. The minimum Gasteiger partial charge on any atom is -0.493 e. The van der Waals surface area contributed by atoms with E-state index in [-0.39, 0.29) is 0 Å².